The molecule has 6 nitrogen and oxygen atoms in total. The minimum absolute atomic E-state index is 0.245. The van der Waals surface area contributed by atoms with Gasteiger partial charge in [-0.2, -0.15) is 0 Å². The number of carboxylic acid groups (broad SMARTS) is 1. The molecule has 6 heteroatoms. The molecule has 1 aliphatic rings. The Morgan fingerprint density at radius 1 is 1.59 bits per heavy atom. The van der Waals surface area contributed by atoms with Crippen molar-refractivity contribution in [1.82, 2.24) is 5.32 Å². The second-order valence-electron chi connectivity index (χ2n) is 3.63. The summed E-state index contributed by atoms with van der Waals surface area (Å²) >= 11 is 0. The lowest BCUT2D eigenvalue weighted by Gasteiger charge is -2.25. The van der Waals surface area contributed by atoms with E-state index in [0.717, 1.165) is 10.5 Å². The van der Waals surface area contributed by atoms with Gasteiger partial charge in [0.2, 0.25) is 0 Å². The van der Waals surface area contributed by atoms with Crippen molar-refractivity contribution in [2.45, 2.75) is 6.54 Å². The number of rotatable bonds is 2. The first kappa shape index (κ1) is 11.4. The molecule has 1 aliphatic heterocycles. The van der Waals surface area contributed by atoms with Crippen molar-refractivity contribution >= 4 is 17.7 Å². The lowest BCUT2D eigenvalue weighted by molar-refractivity contribution is -0.120. The van der Waals surface area contributed by atoms with Crippen molar-refractivity contribution < 1.29 is 19.4 Å². The Bertz CT molecular complexity index is 473. The van der Waals surface area contributed by atoms with E-state index < -0.39 is 12.0 Å². The fourth-order valence-corrected chi connectivity index (χ4v) is 1.72. The second kappa shape index (κ2) is 4.42. The van der Waals surface area contributed by atoms with E-state index in [1.165, 1.54) is 0 Å². The molecule has 0 fully saturated rings. The van der Waals surface area contributed by atoms with Crippen LogP contribution in [0.25, 0.3) is 0 Å². The van der Waals surface area contributed by atoms with Crippen LogP contribution in [0, 0.1) is 0 Å². The van der Waals surface area contributed by atoms with E-state index in [-0.39, 0.29) is 12.3 Å². The van der Waals surface area contributed by atoms with E-state index in [1.54, 1.807) is 19.2 Å². The van der Waals surface area contributed by atoms with Crippen molar-refractivity contribution in [1.29, 1.82) is 0 Å². The quantitative estimate of drug-likeness (QED) is 0.794. The van der Waals surface area contributed by atoms with Crippen LogP contribution in [-0.2, 0) is 11.3 Å². The molecule has 2 amide bonds. The first-order valence-corrected chi connectivity index (χ1v) is 5.09. The molecule has 0 aromatic heterocycles. The van der Waals surface area contributed by atoms with E-state index in [9.17, 15) is 9.59 Å². The number of hydrogen-bond acceptors (Lipinski definition) is 4. The summed E-state index contributed by atoms with van der Waals surface area (Å²) in [4.78, 5) is 23.2. The number of fused-ring (bicyclic) bond motifs is 1. The molecule has 0 aliphatic carbocycles. The van der Waals surface area contributed by atoms with Gasteiger partial charge in [-0.25, -0.2) is 9.69 Å². The summed E-state index contributed by atoms with van der Waals surface area (Å²) in [5.41, 5.74) is 1.16. The first-order chi connectivity index (χ1) is 8.13. The standard InChI is InChI=1S/C11H12N2O4/c1-12-5-7-2-3-9-8(4-7)13(11(15)16)10(14)6-17-9/h2-4,12H,5-6H2,1H3,(H,15,16). The van der Waals surface area contributed by atoms with Gasteiger partial charge in [-0.3, -0.25) is 4.79 Å². The van der Waals surface area contributed by atoms with E-state index in [2.05, 4.69) is 5.32 Å². The predicted molar refractivity (Wildman–Crippen MR) is 60.2 cm³/mol. The minimum Gasteiger partial charge on any atom is -0.482 e. The zero-order valence-electron chi connectivity index (χ0n) is 9.27. The van der Waals surface area contributed by atoms with E-state index in [4.69, 9.17) is 9.84 Å². The average Bonchev–Trinajstić information content (AvgIpc) is 2.28. The van der Waals surface area contributed by atoms with Crippen molar-refractivity contribution in [3.8, 4) is 5.75 Å². The van der Waals surface area contributed by atoms with Crippen LogP contribution >= 0.6 is 0 Å². The summed E-state index contributed by atoms with van der Waals surface area (Å²) in [6.45, 7) is 0.347. The predicted octanol–water partition coefficient (Wildman–Crippen LogP) is 0.809. The summed E-state index contributed by atoms with van der Waals surface area (Å²) < 4.78 is 5.17. The Hall–Kier alpha value is -2.08. The Morgan fingerprint density at radius 2 is 2.35 bits per heavy atom. The van der Waals surface area contributed by atoms with Gasteiger partial charge in [0.1, 0.15) is 5.75 Å². The SMILES string of the molecule is CNCc1ccc2c(c1)N(C(=O)O)C(=O)CO2. The van der Waals surface area contributed by atoms with E-state index in [0.29, 0.717) is 12.3 Å². The number of nitrogens with one attached hydrogen (secondary N) is 1. The summed E-state index contributed by atoms with van der Waals surface area (Å²) in [6.07, 6.45) is -1.29. The zero-order chi connectivity index (χ0) is 12.4. The van der Waals surface area contributed by atoms with Crippen LogP contribution in [0.3, 0.4) is 0 Å². The Kier molecular flexibility index (Phi) is 2.97. The summed E-state index contributed by atoms with van der Waals surface area (Å²) in [6, 6.07) is 5.13. The van der Waals surface area contributed by atoms with Gasteiger partial charge in [0, 0.05) is 6.54 Å². The molecule has 0 atom stereocenters. The molecule has 2 N–H and O–H groups in total. The highest BCUT2D eigenvalue weighted by atomic mass is 16.5. The second-order valence-corrected chi connectivity index (χ2v) is 3.63. The van der Waals surface area contributed by atoms with Crippen LogP contribution in [-0.4, -0.2) is 30.8 Å². The van der Waals surface area contributed by atoms with E-state index in [1.807, 2.05) is 6.07 Å². The Morgan fingerprint density at radius 3 is 3.00 bits per heavy atom. The molecule has 1 aromatic carbocycles. The molecule has 0 bridgehead atoms. The minimum atomic E-state index is -1.29. The summed E-state index contributed by atoms with van der Waals surface area (Å²) in [5.74, 6) is -0.168. The summed E-state index contributed by atoms with van der Waals surface area (Å²) in [7, 11) is 1.79. The Balaban J connectivity index is 2.45. The molecule has 1 heterocycles. The smallest absolute Gasteiger partial charge is 0.418 e. The van der Waals surface area contributed by atoms with Crippen LogP contribution in [0.4, 0.5) is 10.5 Å². The fraction of sp³-hybridized carbons (Fsp3) is 0.273. The highest BCUT2D eigenvalue weighted by Gasteiger charge is 2.30. The number of ether oxygens (including phenoxy) is 1. The number of amides is 2. The zero-order valence-corrected chi connectivity index (χ0v) is 9.27. The normalized spacial score (nSPS) is 14.2. The molecular weight excluding hydrogens is 224 g/mol. The van der Waals surface area contributed by atoms with Crippen LogP contribution in [0.5, 0.6) is 5.75 Å². The molecule has 2 rings (SSSR count). The molecule has 0 saturated carbocycles. The number of hydrogen-bond donors (Lipinski definition) is 2. The Labute approximate surface area is 97.8 Å². The third kappa shape index (κ3) is 2.07. The third-order valence-corrected chi connectivity index (χ3v) is 2.44. The molecule has 0 saturated heterocycles. The van der Waals surface area contributed by atoms with Gasteiger partial charge in [0.25, 0.3) is 5.91 Å². The molecule has 17 heavy (non-hydrogen) atoms. The van der Waals surface area contributed by atoms with Crippen LogP contribution < -0.4 is 15.0 Å². The average molecular weight is 236 g/mol. The van der Waals surface area contributed by atoms with Gasteiger partial charge in [0.05, 0.1) is 5.69 Å². The van der Waals surface area contributed by atoms with Gasteiger partial charge in [0.15, 0.2) is 6.61 Å². The monoisotopic (exact) mass is 236 g/mol. The van der Waals surface area contributed by atoms with Gasteiger partial charge in [-0.15, -0.1) is 0 Å². The van der Waals surface area contributed by atoms with Crippen LogP contribution in [0.15, 0.2) is 18.2 Å². The van der Waals surface area contributed by atoms with Gasteiger partial charge in [-0.05, 0) is 24.7 Å². The topological polar surface area (TPSA) is 78.9 Å². The highest BCUT2D eigenvalue weighted by molar-refractivity contribution is 6.14. The molecule has 0 radical (unpaired) electrons. The maximum absolute atomic E-state index is 11.5. The largest absolute Gasteiger partial charge is 0.482 e. The van der Waals surface area contributed by atoms with Crippen molar-refractivity contribution in [3.05, 3.63) is 23.8 Å². The maximum atomic E-state index is 11.5. The number of nitrogens with zero attached hydrogens (tertiary/aromatic N) is 1. The highest BCUT2D eigenvalue weighted by Crippen LogP contribution is 2.32. The lowest BCUT2D eigenvalue weighted by atomic mass is 10.1. The number of benzene rings is 1. The fourth-order valence-electron chi connectivity index (χ4n) is 1.72. The van der Waals surface area contributed by atoms with Crippen LogP contribution in [0.2, 0.25) is 0 Å². The van der Waals surface area contributed by atoms with Crippen molar-refractivity contribution in [2.75, 3.05) is 18.6 Å². The van der Waals surface area contributed by atoms with Gasteiger partial charge in [-0.1, -0.05) is 6.07 Å². The number of anilines is 1. The van der Waals surface area contributed by atoms with Crippen LogP contribution in [0.1, 0.15) is 5.56 Å². The van der Waals surface area contributed by atoms with E-state index >= 15 is 0 Å². The lowest BCUT2D eigenvalue weighted by Crippen LogP contribution is -2.42. The molecule has 1 aromatic rings. The maximum Gasteiger partial charge on any atom is 0.418 e. The van der Waals surface area contributed by atoms with Gasteiger partial charge >= 0.3 is 6.09 Å². The molecular formula is C11H12N2O4. The molecule has 0 unspecified atom stereocenters. The molecule has 0 spiro atoms. The van der Waals surface area contributed by atoms with Gasteiger partial charge < -0.3 is 15.2 Å². The first-order valence-electron chi connectivity index (χ1n) is 5.09. The summed E-state index contributed by atoms with van der Waals surface area (Å²) in [5, 5.41) is 12.0. The van der Waals surface area contributed by atoms with Crippen molar-refractivity contribution in [2.24, 2.45) is 0 Å². The third-order valence-electron chi connectivity index (χ3n) is 2.44. The number of carbonyl (C=O) groups excluding carboxylic acids is 1. The number of imide groups is 1. The molecule has 90 valence electrons. The number of carbonyl (C=O) groups is 2. The van der Waals surface area contributed by atoms with Crippen molar-refractivity contribution in [3.63, 3.8) is 0 Å².